The van der Waals surface area contributed by atoms with Crippen LogP contribution in [0, 0.1) is 0 Å². The molecule has 0 bridgehead atoms. The van der Waals surface area contributed by atoms with Gasteiger partial charge in [0.05, 0.1) is 0 Å². The van der Waals surface area contributed by atoms with Gasteiger partial charge in [-0.1, -0.05) is 19.0 Å². The zero-order valence-electron chi connectivity index (χ0n) is 11.2. The molecule has 1 unspecified atom stereocenters. The Labute approximate surface area is 103 Å². The summed E-state index contributed by atoms with van der Waals surface area (Å²) in [6.07, 6.45) is 1.58. The Hall–Kier alpha value is -0.940. The zero-order chi connectivity index (χ0) is 12.7. The van der Waals surface area contributed by atoms with Gasteiger partial charge in [-0.15, -0.1) is 0 Å². The first-order valence-corrected chi connectivity index (χ1v) is 6.34. The van der Waals surface area contributed by atoms with Crippen molar-refractivity contribution in [2.75, 3.05) is 19.7 Å². The second kappa shape index (κ2) is 6.71. The molecule has 0 saturated carbocycles. The Morgan fingerprint density at radius 3 is 2.71 bits per heavy atom. The molecule has 98 valence electrons. The lowest BCUT2D eigenvalue weighted by molar-refractivity contribution is -0.0403. The lowest BCUT2D eigenvalue weighted by Gasteiger charge is -2.23. The van der Waals surface area contributed by atoms with E-state index >= 15 is 0 Å². The summed E-state index contributed by atoms with van der Waals surface area (Å²) in [4.78, 5) is 4.40. The average molecular weight is 241 g/mol. The van der Waals surface area contributed by atoms with Crippen molar-refractivity contribution in [1.29, 1.82) is 0 Å². The van der Waals surface area contributed by atoms with Crippen molar-refractivity contribution in [2.45, 2.75) is 46.1 Å². The molecule has 0 aromatic carbocycles. The predicted octanol–water partition coefficient (Wildman–Crippen LogP) is 1.88. The van der Waals surface area contributed by atoms with Crippen molar-refractivity contribution < 1.29 is 9.26 Å². The van der Waals surface area contributed by atoms with E-state index in [1.807, 2.05) is 13.8 Å². The van der Waals surface area contributed by atoms with Gasteiger partial charge in [-0.05, 0) is 26.8 Å². The monoisotopic (exact) mass is 241 g/mol. The fraction of sp³-hybridized carbons (Fsp3) is 0.833. The maximum Gasteiger partial charge on any atom is 0.228 e. The Kier molecular flexibility index (Phi) is 5.58. The van der Waals surface area contributed by atoms with Gasteiger partial charge in [0.25, 0.3) is 0 Å². The molecule has 0 saturated heterocycles. The molecule has 1 aromatic heterocycles. The molecule has 0 aliphatic rings. The Balaban J connectivity index is 2.65. The number of nitrogens with one attached hydrogen (secondary N) is 1. The van der Waals surface area contributed by atoms with Gasteiger partial charge in [0.2, 0.25) is 11.7 Å². The Morgan fingerprint density at radius 1 is 1.35 bits per heavy atom. The molecular weight excluding hydrogens is 218 g/mol. The van der Waals surface area contributed by atoms with Crippen molar-refractivity contribution in [3.63, 3.8) is 0 Å². The molecule has 0 fully saturated rings. The predicted molar refractivity (Wildman–Crippen MR) is 65.8 cm³/mol. The lowest BCUT2D eigenvalue weighted by Crippen LogP contribution is -2.26. The minimum atomic E-state index is -0.436. The SMILES string of the molecule is CCNCCc1nc(C(C)(CC)OCC)no1. The maximum atomic E-state index is 5.70. The maximum absolute atomic E-state index is 5.70. The standard InChI is InChI=1S/C12H23N3O2/c1-5-12(4,16-7-3)11-14-10(17-15-11)8-9-13-6-2/h13H,5-9H2,1-4H3. The van der Waals surface area contributed by atoms with E-state index in [0.29, 0.717) is 18.3 Å². The van der Waals surface area contributed by atoms with Crippen molar-refractivity contribution in [3.05, 3.63) is 11.7 Å². The quantitative estimate of drug-likeness (QED) is 0.704. The molecule has 5 nitrogen and oxygen atoms in total. The molecule has 0 spiro atoms. The third kappa shape index (κ3) is 3.78. The minimum absolute atomic E-state index is 0.436. The summed E-state index contributed by atoms with van der Waals surface area (Å²) in [5, 5.41) is 7.24. The number of hydrogen-bond donors (Lipinski definition) is 1. The second-order valence-corrected chi connectivity index (χ2v) is 4.13. The van der Waals surface area contributed by atoms with Crippen molar-refractivity contribution in [3.8, 4) is 0 Å². The van der Waals surface area contributed by atoms with Gasteiger partial charge in [0.15, 0.2) is 0 Å². The van der Waals surface area contributed by atoms with Crippen LogP contribution < -0.4 is 5.32 Å². The van der Waals surface area contributed by atoms with E-state index in [1.54, 1.807) is 0 Å². The summed E-state index contributed by atoms with van der Waals surface area (Å²) >= 11 is 0. The van der Waals surface area contributed by atoms with E-state index < -0.39 is 5.60 Å². The van der Waals surface area contributed by atoms with Crippen LogP contribution in [0.15, 0.2) is 4.52 Å². The molecule has 1 rings (SSSR count). The van der Waals surface area contributed by atoms with E-state index in [9.17, 15) is 0 Å². The highest BCUT2D eigenvalue weighted by Gasteiger charge is 2.30. The molecule has 0 aliphatic carbocycles. The molecule has 5 heteroatoms. The van der Waals surface area contributed by atoms with Gasteiger partial charge in [-0.3, -0.25) is 0 Å². The molecule has 1 aromatic rings. The van der Waals surface area contributed by atoms with Crippen molar-refractivity contribution in [1.82, 2.24) is 15.5 Å². The van der Waals surface area contributed by atoms with Gasteiger partial charge in [-0.2, -0.15) is 4.98 Å². The number of hydrogen-bond acceptors (Lipinski definition) is 5. The number of likely N-dealkylation sites (N-methyl/N-ethyl adjacent to an activating group) is 1. The van der Waals surface area contributed by atoms with Crippen LogP contribution in [0.1, 0.15) is 45.8 Å². The van der Waals surface area contributed by atoms with E-state index in [0.717, 1.165) is 25.9 Å². The highest BCUT2D eigenvalue weighted by molar-refractivity contribution is 4.99. The zero-order valence-corrected chi connectivity index (χ0v) is 11.2. The van der Waals surface area contributed by atoms with Crippen LogP contribution >= 0.6 is 0 Å². The third-order valence-corrected chi connectivity index (χ3v) is 2.84. The first-order chi connectivity index (χ1) is 8.16. The highest BCUT2D eigenvalue weighted by Crippen LogP contribution is 2.26. The van der Waals surface area contributed by atoms with Crippen LogP contribution in [0.2, 0.25) is 0 Å². The summed E-state index contributed by atoms with van der Waals surface area (Å²) in [6.45, 7) is 10.6. The number of nitrogens with zero attached hydrogens (tertiary/aromatic N) is 2. The normalized spacial score (nSPS) is 14.8. The van der Waals surface area contributed by atoms with E-state index in [2.05, 4.69) is 29.3 Å². The summed E-state index contributed by atoms with van der Waals surface area (Å²) < 4.78 is 10.9. The van der Waals surface area contributed by atoms with Crippen molar-refractivity contribution >= 4 is 0 Å². The van der Waals surface area contributed by atoms with Crippen LogP contribution in [-0.4, -0.2) is 29.8 Å². The van der Waals surface area contributed by atoms with Gasteiger partial charge in [-0.25, -0.2) is 0 Å². The van der Waals surface area contributed by atoms with E-state index in [1.165, 1.54) is 0 Å². The van der Waals surface area contributed by atoms with Crippen LogP contribution in [-0.2, 0) is 16.8 Å². The van der Waals surface area contributed by atoms with Crippen LogP contribution in [0.3, 0.4) is 0 Å². The number of rotatable bonds is 8. The van der Waals surface area contributed by atoms with Gasteiger partial charge in [0.1, 0.15) is 5.60 Å². The molecule has 1 atom stereocenters. The van der Waals surface area contributed by atoms with Crippen LogP contribution in [0.25, 0.3) is 0 Å². The second-order valence-electron chi connectivity index (χ2n) is 4.13. The van der Waals surface area contributed by atoms with Crippen LogP contribution in [0.4, 0.5) is 0 Å². The van der Waals surface area contributed by atoms with E-state index in [-0.39, 0.29) is 0 Å². The average Bonchev–Trinajstić information content (AvgIpc) is 2.79. The number of ether oxygens (including phenoxy) is 1. The fourth-order valence-electron chi connectivity index (χ4n) is 1.59. The Bertz CT molecular complexity index is 327. The third-order valence-electron chi connectivity index (χ3n) is 2.84. The topological polar surface area (TPSA) is 60.2 Å². The van der Waals surface area contributed by atoms with E-state index in [4.69, 9.17) is 9.26 Å². The summed E-state index contributed by atoms with van der Waals surface area (Å²) in [5.41, 5.74) is -0.436. The summed E-state index contributed by atoms with van der Waals surface area (Å²) in [5.74, 6) is 1.31. The molecule has 0 radical (unpaired) electrons. The summed E-state index contributed by atoms with van der Waals surface area (Å²) in [6, 6.07) is 0. The number of aromatic nitrogens is 2. The Morgan fingerprint density at radius 2 is 2.12 bits per heavy atom. The fourth-order valence-corrected chi connectivity index (χ4v) is 1.59. The van der Waals surface area contributed by atoms with Gasteiger partial charge in [0, 0.05) is 19.6 Å². The highest BCUT2D eigenvalue weighted by atomic mass is 16.5. The van der Waals surface area contributed by atoms with Crippen LogP contribution in [0.5, 0.6) is 0 Å². The van der Waals surface area contributed by atoms with Gasteiger partial charge < -0.3 is 14.6 Å². The molecule has 1 N–H and O–H groups in total. The van der Waals surface area contributed by atoms with Gasteiger partial charge >= 0.3 is 0 Å². The molecule has 0 amide bonds. The smallest absolute Gasteiger partial charge is 0.228 e. The lowest BCUT2D eigenvalue weighted by atomic mass is 10.0. The minimum Gasteiger partial charge on any atom is -0.367 e. The first kappa shape index (κ1) is 14.1. The largest absolute Gasteiger partial charge is 0.367 e. The molecule has 17 heavy (non-hydrogen) atoms. The first-order valence-electron chi connectivity index (χ1n) is 6.34. The van der Waals surface area contributed by atoms with Crippen molar-refractivity contribution in [2.24, 2.45) is 0 Å². The summed E-state index contributed by atoms with van der Waals surface area (Å²) in [7, 11) is 0. The molecular formula is C12H23N3O2. The molecule has 1 heterocycles. The molecule has 0 aliphatic heterocycles.